The maximum absolute atomic E-state index is 12.1. The highest BCUT2D eigenvalue weighted by Crippen LogP contribution is 2.20. The van der Waals surface area contributed by atoms with Crippen molar-refractivity contribution in [1.29, 1.82) is 0 Å². The van der Waals surface area contributed by atoms with Crippen molar-refractivity contribution in [2.75, 3.05) is 0 Å². The fourth-order valence-electron chi connectivity index (χ4n) is 2.69. The SMILES string of the molecule is CC(NC(=O)OC(C)(C)C)O[Si](c1ccccc1)c1ccc(C(C)(C)C)cc1. The molecule has 1 unspecified atom stereocenters. The number of carbonyl (C=O) groups is 1. The molecule has 28 heavy (non-hydrogen) atoms. The molecule has 0 aliphatic carbocycles. The summed E-state index contributed by atoms with van der Waals surface area (Å²) >= 11 is 0. The number of alkyl carbamates (subject to hydrolysis) is 1. The summed E-state index contributed by atoms with van der Waals surface area (Å²) in [4.78, 5) is 12.1. The standard InChI is InChI=1S/C23H32NO3Si/c1-17(24-21(25)26-23(5,6)7)27-28(19-11-9-8-10-12-19)20-15-13-18(14-16-20)22(2,3)4/h8-17H,1-7H3,(H,24,25). The van der Waals surface area contributed by atoms with Crippen LogP contribution in [0, 0.1) is 0 Å². The number of benzene rings is 2. The Balaban J connectivity index is 2.20. The van der Waals surface area contributed by atoms with Crippen LogP contribution in [-0.4, -0.2) is 27.0 Å². The highest BCUT2D eigenvalue weighted by molar-refractivity contribution is 6.80. The topological polar surface area (TPSA) is 47.6 Å². The first-order valence-electron chi connectivity index (χ1n) is 9.65. The van der Waals surface area contributed by atoms with E-state index in [0.29, 0.717) is 0 Å². The zero-order valence-electron chi connectivity index (χ0n) is 18.0. The Bertz CT molecular complexity index is 761. The normalized spacial score (nSPS) is 13.3. The minimum atomic E-state index is -1.52. The Morgan fingerprint density at radius 1 is 0.893 bits per heavy atom. The van der Waals surface area contributed by atoms with Gasteiger partial charge in [-0.2, -0.15) is 0 Å². The summed E-state index contributed by atoms with van der Waals surface area (Å²) in [7, 11) is -1.52. The van der Waals surface area contributed by atoms with Gasteiger partial charge in [0.15, 0.2) is 0 Å². The number of amides is 1. The fraction of sp³-hybridized carbons (Fsp3) is 0.435. The van der Waals surface area contributed by atoms with Crippen molar-refractivity contribution in [3.05, 3.63) is 60.2 Å². The number of hydrogen-bond acceptors (Lipinski definition) is 3. The Hall–Kier alpha value is -2.11. The average molecular weight is 399 g/mol. The van der Waals surface area contributed by atoms with Crippen LogP contribution in [0.25, 0.3) is 0 Å². The smallest absolute Gasteiger partial charge is 0.409 e. The molecule has 151 valence electrons. The molecule has 2 aromatic carbocycles. The van der Waals surface area contributed by atoms with Crippen molar-refractivity contribution in [1.82, 2.24) is 5.32 Å². The second-order valence-electron chi connectivity index (χ2n) is 8.93. The van der Waals surface area contributed by atoms with Gasteiger partial charge in [-0.1, -0.05) is 75.4 Å². The maximum Gasteiger partial charge on any atom is 0.409 e. The number of carbonyl (C=O) groups excluding carboxylic acids is 1. The molecule has 1 atom stereocenters. The summed E-state index contributed by atoms with van der Waals surface area (Å²) in [5, 5.41) is 5.06. The van der Waals surface area contributed by atoms with E-state index in [9.17, 15) is 4.79 Å². The van der Waals surface area contributed by atoms with Crippen LogP contribution >= 0.6 is 0 Å². The van der Waals surface area contributed by atoms with E-state index in [4.69, 9.17) is 9.16 Å². The molecule has 4 nitrogen and oxygen atoms in total. The third-order valence-corrected chi connectivity index (χ3v) is 6.37. The molecule has 0 aromatic heterocycles. The summed E-state index contributed by atoms with van der Waals surface area (Å²) in [6, 6.07) is 18.8. The minimum absolute atomic E-state index is 0.102. The lowest BCUT2D eigenvalue weighted by Gasteiger charge is -2.25. The van der Waals surface area contributed by atoms with Crippen LogP contribution in [0.15, 0.2) is 54.6 Å². The first kappa shape index (κ1) is 22.2. The predicted molar refractivity (Wildman–Crippen MR) is 117 cm³/mol. The van der Waals surface area contributed by atoms with Crippen molar-refractivity contribution in [2.45, 2.75) is 65.7 Å². The first-order valence-corrected chi connectivity index (χ1v) is 11.1. The molecular formula is C23H32NO3Si. The number of ether oxygens (including phenoxy) is 1. The van der Waals surface area contributed by atoms with Crippen LogP contribution in [0.2, 0.25) is 0 Å². The van der Waals surface area contributed by atoms with E-state index in [2.05, 4.69) is 62.5 Å². The molecule has 1 radical (unpaired) electrons. The highest BCUT2D eigenvalue weighted by Gasteiger charge is 2.25. The van der Waals surface area contributed by atoms with Gasteiger partial charge in [-0.05, 0) is 49.0 Å². The minimum Gasteiger partial charge on any atom is -0.444 e. The first-order chi connectivity index (χ1) is 13.0. The zero-order valence-corrected chi connectivity index (χ0v) is 19.0. The molecule has 0 heterocycles. The molecule has 0 fully saturated rings. The van der Waals surface area contributed by atoms with Gasteiger partial charge < -0.3 is 9.16 Å². The van der Waals surface area contributed by atoms with E-state index in [1.54, 1.807) is 0 Å². The molecule has 2 rings (SSSR count). The molecule has 0 bridgehead atoms. The quantitative estimate of drug-likeness (QED) is 0.612. The zero-order chi connectivity index (χ0) is 20.9. The van der Waals surface area contributed by atoms with E-state index in [1.807, 2.05) is 45.9 Å². The monoisotopic (exact) mass is 398 g/mol. The lowest BCUT2D eigenvalue weighted by Crippen LogP contribution is -2.51. The predicted octanol–water partition coefficient (Wildman–Crippen LogP) is 3.98. The number of nitrogens with one attached hydrogen (secondary N) is 1. The van der Waals surface area contributed by atoms with Crippen molar-refractivity contribution in [3.63, 3.8) is 0 Å². The van der Waals surface area contributed by atoms with E-state index >= 15 is 0 Å². The summed E-state index contributed by atoms with van der Waals surface area (Å²) in [6.45, 7) is 14.0. The van der Waals surface area contributed by atoms with Crippen LogP contribution < -0.4 is 15.7 Å². The van der Waals surface area contributed by atoms with Crippen LogP contribution in [0.3, 0.4) is 0 Å². The van der Waals surface area contributed by atoms with Crippen molar-refractivity contribution in [3.8, 4) is 0 Å². The lowest BCUT2D eigenvalue weighted by molar-refractivity contribution is 0.0416. The molecule has 1 N–H and O–H groups in total. The Kier molecular flexibility index (Phi) is 7.07. The molecule has 2 aromatic rings. The molecule has 0 spiro atoms. The Labute approximate surface area is 171 Å². The van der Waals surface area contributed by atoms with E-state index in [-0.39, 0.29) is 5.41 Å². The van der Waals surface area contributed by atoms with Gasteiger partial charge in [0.1, 0.15) is 11.8 Å². The number of rotatable bonds is 5. The molecule has 0 saturated carbocycles. The molecule has 0 aliphatic rings. The van der Waals surface area contributed by atoms with Gasteiger partial charge >= 0.3 is 6.09 Å². The van der Waals surface area contributed by atoms with Crippen molar-refractivity contribution >= 4 is 25.5 Å². The molecule has 5 heteroatoms. The lowest BCUT2D eigenvalue weighted by atomic mass is 9.87. The molecule has 1 amide bonds. The van der Waals surface area contributed by atoms with Gasteiger partial charge in [-0.3, -0.25) is 5.32 Å². The molecule has 0 saturated heterocycles. The van der Waals surface area contributed by atoms with Gasteiger partial charge in [0.2, 0.25) is 0 Å². The van der Waals surface area contributed by atoms with Gasteiger partial charge in [-0.15, -0.1) is 0 Å². The average Bonchev–Trinajstić information content (AvgIpc) is 2.58. The van der Waals surface area contributed by atoms with Gasteiger partial charge in [0.25, 0.3) is 9.04 Å². The largest absolute Gasteiger partial charge is 0.444 e. The van der Waals surface area contributed by atoms with Crippen LogP contribution in [0.5, 0.6) is 0 Å². The Morgan fingerprint density at radius 3 is 1.93 bits per heavy atom. The van der Waals surface area contributed by atoms with Crippen molar-refractivity contribution in [2.24, 2.45) is 0 Å². The third-order valence-electron chi connectivity index (χ3n) is 4.06. The Morgan fingerprint density at radius 2 is 1.43 bits per heavy atom. The van der Waals surface area contributed by atoms with E-state index < -0.39 is 27.0 Å². The second-order valence-corrected chi connectivity index (χ2v) is 11.0. The molecule has 0 aliphatic heterocycles. The summed E-state index contributed by atoms with van der Waals surface area (Å²) < 4.78 is 11.7. The summed E-state index contributed by atoms with van der Waals surface area (Å²) in [6.07, 6.45) is -0.941. The van der Waals surface area contributed by atoms with E-state index in [1.165, 1.54) is 5.56 Å². The van der Waals surface area contributed by atoms with Gasteiger partial charge in [-0.25, -0.2) is 4.79 Å². The van der Waals surface area contributed by atoms with Gasteiger partial charge in [0, 0.05) is 0 Å². The summed E-state index contributed by atoms with van der Waals surface area (Å²) in [5.74, 6) is 0. The number of hydrogen-bond donors (Lipinski definition) is 1. The van der Waals surface area contributed by atoms with Crippen LogP contribution in [0.1, 0.15) is 54.0 Å². The fourth-order valence-corrected chi connectivity index (χ4v) is 4.68. The van der Waals surface area contributed by atoms with E-state index in [0.717, 1.165) is 10.4 Å². The van der Waals surface area contributed by atoms with Gasteiger partial charge in [0.05, 0.1) is 0 Å². The second kappa shape index (κ2) is 8.93. The highest BCUT2D eigenvalue weighted by atomic mass is 28.3. The molecular weight excluding hydrogens is 366 g/mol. The van der Waals surface area contributed by atoms with Crippen LogP contribution in [0.4, 0.5) is 4.79 Å². The maximum atomic E-state index is 12.1. The van der Waals surface area contributed by atoms with Crippen LogP contribution in [-0.2, 0) is 14.6 Å². The third kappa shape index (κ3) is 6.80. The van der Waals surface area contributed by atoms with Crippen molar-refractivity contribution < 1.29 is 14.0 Å². The summed E-state index contributed by atoms with van der Waals surface area (Å²) in [5.41, 5.74) is 0.843.